The molecule has 0 unspecified atom stereocenters. The largest absolute Gasteiger partial charge is 0.377 e. The topological polar surface area (TPSA) is 55.2 Å². The second kappa shape index (κ2) is 6.04. The third-order valence-corrected chi connectivity index (χ3v) is 6.01. The average molecular weight is 375 g/mol. The number of nitrogens with one attached hydrogen (secondary N) is 1. The number of anilines is 1. The van der Waals surface area contributed by atoms with Crippen molar-refractivity contribution in [3.05, 3.63) is 79.3 Å². The lowest BCUT2D eigenvalue weighted by Crippen LogP contribution is -2.30. The highest BCUT2D eigenvalue weighted by atomic mass is 35.5. The molecule has 0 amide bonds. The summed E-state index contributed by atoms with van der Waals surface area (Å²) in [7, 11) is 0. The van der Waals surface area contributed by atoms with Crippen LogP contribution in [0.5, 0.6) is 0 Å². The zero-order chi connectivity index (χ0) is 17.7. The number of aryl methyl sites for hydroxylation is 1. The zero-order valence-corrected chi connectivity index (χ0v) is 15.0. The Kier molecular flexibility index (Phi) is 3.97. The maximum atomic E-state index is 11.2. The summed E-state index contributed by atoms with van der Waals surface area (Å²) in [6.07, 6.45) is 5.19. The summed E-state index contributed by atoms with van der Waals surface area (Å²) in [4.78, 5) is 10.9. The first-order valence-electron chi connectivity index (χ1n) is 8.13. The van der Waals surface area contributed by atoms with Gasteiger partial charge in [0, 0.05) is 23.7 Å². The minimum Gasteiger partial charge on any atom is -0.377 e. The predicted molar refractivity (Wildman–Crippen MR) is 101 cm³/mol. The third kappa shape index (κ3) is 2.60. The van der Waals surface area contributed by atoms with Gasteiger partial charge in [-0.3, -0.25) is 10.1 Å². The van der Waals surface area contributed by atoms with Gasteiger partial charge in [-0.25, -0.2) is 0 Å². The van der Waals surface area contributed by atoms with E-state index in [1.54, 1.807) is 18.2 Å². The van der Waals surface area contributed by atoms with E-state index in [1.165, 1.54) is 0 Å². The molecule has 3 atom stereocenters. The molecule has 0 fully saturated rings. The Morgan fingerprint density at radius 3 is 2.80 bits per heavy atom. The van der Waals surface area contributed by atoms with Crippen molar-refractivity contribution in [1.82, 2.24) is 0 Å². The number of hydrogen-bond donors (Lipinski definition) is 1. The van der Waals surface area contributed by atoms with Gasteiger partial charge in [-0.1, -0.05) is 47.5 Å². The van der Waals surface area contributed by atoms with Crippen LogP contribution in [-0.2, 0) is 0 Å². The molecular formula is C19H16Cl2N2O2. The van der Waals surface area contributed by atoms with Crippen LogP contribution in [0, 0.1) is 23.0 Å². The number of non-ortho nitro benzene ring substituents is 1. The van der Waals surface area contributed by atoms with E-state index in [4.69, 9.17) is 23.2 Å². The molecule has 25 heavy (non-hydrogen) atoms. The van der Waals surface area contributed by atoms with Crippen molar-refractivity contribution in [2.75, 3.05) is 5.32 Å². The molecule has 4 nitrogen and oxygen atoms in total. The van der Waals surface area contributed by atoms with E-state index >= 15 is 0 Å². The van der Waals surface area contributed by atoms with Crippen LogP contribution in [0.3, 0.4) is 0 Å². The van der Waals surface area contributed by atoms with E-state index in [9.17, 15) is 10.1 Å². The zero-order valence-electron chi connectivity index (χ0n) is 13.5. The molecular weight excluding hydrogens is 359 g/mol. The van der Waals surface area contributed by atoms with E-state index in [1.807, 2.05) is 19.1 Å². The molecule has 0 spiro atoms. The van der Waals surface area contributed by atoms with Crippen LogP contribution >= 0.6 is 23.2 Å². The maximum Gasteiger partial charge on any atom is 0.270 e. The molecule has 2 aliphatic rings. The van der Waals surface area contributed by atoms with Crippen LogP contribution in [0.15, 0.2) is 42.5 Å². The number of halogens is 2. The van der Waals surface area contributed by atoms with Crippen LogP contribution in [-0.4, -0.2) is 4.92 Å². The molecule has 0 saturated carbocycles. The second-order valence-electron chi connectivity index (χ2n) is 6.60. The number of hydrogen-bond acceptors (Lipinski definition) is 3. The van der Waals surface area contributed by atoms with E-state index in [0.29, 0.717) is 10.0 Å². The van der Waals surface area contributed by atoms with E-state index < -0.39 is 0 Å². The van der Waals surface area contributed by atoms with Gasteiger partial charge >= 0.3 is 0 Å². The SMILES string of the molecule is Cc1cc([N+](=O)[O-])cc2c1N[C@H](c1cccc(Cl)c1Cl)[C@H]1CC=C[C@@H]21. The van der Waals surface area contributed by atoms with Gasteiger partial charge in [0.05, 0.1) is 21.0 Å². The van der Waals surface area contributed by atoms with Crippen LogP contribution < -0.4 is 5.32 Å². The summed E-state index contributed by atoms with van der Waals surface area (Å²) in [6, 6.07) is 9.00. The van der Waals surface area contributed by atoms with Gasteiger partial charge in [-0.2, -0.15) is 0 Å². The number of allylic oxidation sites excluding steroid dienone is 2. The fraction of sp³-hybridized carbons (Fsp3) is 0.263. The Morgan fingerprint density at radius 1 is 1.24 bits per heavy atom. The molecule has 2 aromatic rings. The Morgan fingerprint density at radius 2 is 2.04 bits per heavy atom. The normalized spacial score (nSPS) is 23.7. The van der Waals surface area contributed by atoms with Crippen molar-refractivity contribution in [3.63, 3.8) is 0 Å². The highest BCUT2D eigenvalue weighted by molar-refractivity contribution is 6.42. The van der Waals surface area contributed by atoms with E-state index in [2.05, 4.69) is 17.5 Å². The minimum absolute atomic E-state index is 0.0128. The highest BCUT2D eigenvalue weighted by Gasteiger charge is 2.40. The number of nitrogens with zero attached hydrogens (tertiary/aromatic N) is 1. The number of fused-ring (bicyclic) bond motifs is 3. The van der Waals surface area contributed by atoms with Crippen molar-refractivity contribution >= 4 is 34.6 Å². The monoisotopic (exact) mass is 374 g/mol. The Labute approximate surface area is 155 Å². The van der Waals surface area contributed by atoms with Gasteiger partial charge in [-0.05, 0) is 42.0 Å². The molecule has 0 aromatic heterocycles. The predicted octanol–water partition coefficient (Wildman–Crippen LogP) is 6.04. The Hall–Kier alpha value is -2.04. The van der Waals surface area contributed by atoms with Crippen LogP contribution in [0.25, 0.3) is 0 Å². The van der Waals surface area contributed by atoms with Gasteiger partial charge in [0.15, 0.2) is 0 Å². The van der Waals surface area contributed by atoms with Crippen molar-refractivity contribution in [2.45, 2.75) is 25.3 Å². The standard InChI is InChI=1S/C19H16Cl2N2O2/c1-10-8-11(23(24)25)9-15-12-4-2-5-13(12)19(22-18(10)15)14-6-3-7-16(20)17(14)21/h2-4,6-9,12-13,19,22H,5H2,1H3/t12-,13+,19+/m1/s1. The first kappa shape index (κ1) is 16.4. The third-order valence-electron chi connectivity index (χ3n) is 5.18. The fourth-order valence-electron chi connectivity index (χ4n) is 4.04. The van der Waals surface area contributed by atoms with Crippen molar-refractivity contribution in [3.8, 4) is 0 Å². The minimum atomic E-state index is -0.332. The molecule has 1 aliphatic heterocycles. The lowest BCUT2D eigenvalue weighted by molar-refractivity contribution is -0.385. The molecule has 2 aromatic carbocycles. The quantitative estimate of drug-likeness (QED) is 0.396. The summed E-state index contributed by atoms with van der Waals surface area (Å²) >= 11 is 12.7. The highest BCUT2D eigenvalue weighted by Crippen LogP contribution is 2.52. The number of rotatable bonds is 2. The van der Waals surface area contributed by atoms with Crippen molar-refractivity contribution < 1.29 is 4.92 Å². The van der Waals surface area contributed by atoms with E-state index in [0.717, 1.165) is 28.8 Å². The van der Waals surface area contributed by atoms with Gasteiger partial charge in [0.2, 0.25) is 0 Å². The number of nitro groups is 1. The Balaban J connectivity index is 1.86. The van der Waals surface area contributed by atoms with Crippen LogP contribution in [0.2, 0.25) is 10.0 Å². The summed E-state index contributed by atoms with van der Waals surface area (Å²) in [5.74, 6) is 0.389. The van der Waals surface area contributed by atoms with Gasteiger partial charge in [0.1, 0.15) is 0 Å². The average Bonchev–Trinajstić information content (AvgIpc) is 3.07. The summed E-state index contributed by atoms with van der Waals surface area (Å²) in [5, 5.41) is 15.9. The van der Waals surface area contributed by atoms with Crippen LogP contribution in [0.1, 0.15) is 35.1 Å². The maximum absolute atomic E-state index is 11.2. The molecule has 1 aliphatic carbocycles. The molecule has 4 rings (SSSR count). The lowest BCUT2D eigenvalue weighted by atomic mass is 9.76. The molecule has 0 radical (unpaired) electrons. The first-order valence-corrected chi connectivity index (χ1v) is 8.89. The summed E-state index contributed by atoms with van der Waals surface area (Å²) in [5.41, 5.74) is 3.91. The molecule has 1 N–H and O–H groups in total. The van der Waals surface area contributed by atoms with Gasteiger partial charge in [0.25, 0.3) is 5.69 Å². The molecule has 0 saturated heterocycles. The molecule has 0 bridgehead atoms. The summed E-state index contributed by atoms with van der Waals surface area (Å²) in [6.45, 7) is 1.90. The number of benzene rings is 2. The van der Waals surface area contributed by atoms with E-state index in [-0.39, 0.29) is 28.5 Å². The molecule has 1 heterocycles. The van der Waals surface area contributed by atoms with Crippen molar-refractivity contribution in [1.29, 1.82) is 0 Å². The molecule has 128 valence electrons. The smallest absolute Gasteiger partial charge is 0.270 e. The molecule has 6 heteroatoms. The van der Waals surface area contributed by atoms with Crippen molar-refractivity contribution in [2.24, 2.45) is 5.92 Å². The first-order chi connectivity index (χ1) is 12.0. The number of nitro benzene ring substituents is 1. The summed E-state index contributed by atoms with van der Waals surface area (Å²) < 4.78 is 0. The second-order valence-corrected chi connectivity index (χ2v) is 7.39. The Bertz CT molecular complexity index is 911. The lowest BCUT2D eigenvalue weighted by Gasteiger charge is -2.38. The van der Waals surface area contributed by atoms with Gasteiger partial charge in [-0.15, -0.1) is 0 Å². The fourth-order valence-corrected chi connectivity index (χ4v) is 4.47. The van der Waals surface area contributed by atoms with Gasteiger partial charge < -0.3 is 5.32 Å². The van der Waals surface area contributed by atoms with Crippen LogP contribution in [0.4, 0.5) is 11.4 Å².